The Morgan fingerprint density at radius 3 is 2.11 bits per heavy atom. The molecule has 53 heavy (non-hydrogen) atoms. The first-order chi connectivity index (χ1) is 26.0. The van der Waals surface area contributed by atoms with E-state index in [0.717, 1.165) is 27.9 Å². The fourth-order valence-electron chi connectivity index (χ4n) is 9.56. The quantitative estimate of drug-likeness (QED) is 0.167. The molecule has 0 spiro atoms. The van der Waals surface area contributed by atoms with E-state index in [1.807, 2.05) is 0 Å². The standard InChI is InChI=1S/C50H33N3/c1-50(2)41-18-7-5-16-35(41)39-28-40-36-17-6-9-20-44(36)52(47(40)29-42(39)50)33-14-11-13-31(26-33)32-23-24-37-38-25-22-30-12-3-4-15-34(30)48(38)49-51-43-19-8-10-21-45(43)53(49)46(37)27-32/h3-29H,1-2H3. The molecule has 12 rings (SSSR count). The van der Waals surface area contributed by atoms with Crippen LogP contribution in [0.5, 0.6) is 0 Å². The van der Waals surface area contributed by atoms with Gasteiger partial charge in [-0.05, 0) is 98.1 Å². The third-order valence-electron chi connectivity index (χ3n) is 12.1. The lowest BCUT2D eigenvalue weighted by molar-refractivity contribution is 0.661. The topological polar surface area (TPSA) is 22.2 Å². The van der Waals surface area contributed by atoms with Gasteiger partial charge >= 0.3 is 0 Å². The smallest absolute Gasteiger partial charge is 0.147 e. The van der Waals surface area contributed by atoms with Crippen molar-refractivity contribution in [2.45, 2.75) is 19.3 Å². The summed E-state index contributed by atoms with van der Waals surface area (Å²) in [5, 5.41) is 8.67. The van der Waals surface area contributed by atoms with Crippen molar-refractivity contribution in [3.8, 4) is 27.9 Å². The van der Waals surface area contributed by atoms with Gasteiger partial charge in [0.2, 0.25) is 0 Å². The van der Waals surface area contributed by atoms with Crippen LogP contribution < -0.4 is 0 Å². The van der Waals surface area contributed by atoms with Crippen molar-refractivity contribution in [3.05, 3.63) is 175 Å². The van der Waals surface area contributed by atoms with Gasteiger partial charge in [-0.3, -0.25) is 4.40 Å². The van der Waals surface area contributed by atoms with Gasteiger partial charge in [0.15, 0.2) is 0 Å². The highest BCUT2D eigenvalue weighted by Crippen LogP contribution is 2.51. The van der Waals surface area contributed by atoms with Crippen LogP contribution in [-0.2, 0) is 5.41 Å². The molecule has 0 amide bonds. The summed E-state index contributed by atoms with van der Waals surface area (Å²) in [7, 11) is 0. The minimum atomic E-state index is -0.0758. The van der Waals surface area contributed by atoms with E-state index in [9.17, 15) is 0 Å². The Hall–Kier alpha value is -6.71. The molecule has 248 valence electrons. The maximum Gasteiger partial charge on any atom is 0.147 e. The summed E-state index contributed by atoms with van der Waals surface area (Å²) < 4.78 is 4.84. The van der Waals surface area contributed by atoms with E-state index in [-0.39, 0.29) is 5.41 Å². The minimum Gasteiger partial charge on any atom is -0.309 e. The van der Waals surface area contributed by atoms with Crippen LogP contribution in [0.2, 0.25) is 0 Å². The van der Waals surface area contributed by atoms with Crippen molar-refractivity contribution in [2.24, 2.45) is 0 Å². The van der Waals surface area contributed by atoms with Crippen molar-refractivity contribution in [3.63, 3.8) is 0 Å². The summed E-state index contributed by atoms with van der Waals surface area (Å²) in [5.74, 6) is 0. The van der Waals surface area contributed by atoms with Gasteiger partial charge in [-0.2, -0.15) is 0 Å². The zero-order valence-corrected chi connectivity index (χ0v) is 29.4. The molecule has 0 unspecified atom stereocenters. The van der Waals surface area contributed by atoms with Crippen LogP contribution in [-0.4, -0.2) is 14.0 Å². The maximum absolute atomic E-state index is 5.26. The molecule has 1 aliphatic rings. The van der Waals surface area contributed by atoms with Crippen LogP contribution >= 0.6 is 0 Å². The van der Waals surface area contributed by atoms with Gasteiger partial charge in [-0.1, -0.05) is 129 Å². The molecule has 0 N–H and O–H groups in total. The second-order valence-electron chi connectivity index (χ2n) is 15.2. The van der Waals surface area contributed by atoms with Crippen LogP contribution in [0, 0.1) is 0 Å². The first kappa shape index (κ1) is 28.9. The van der Waals surface area contributed by atoms with Crippen molar-refractivity contribution in [1.82, 2.24) is 14.0 Å². The molecule has 3 nitrogen and oxygen atoms in total. The summed E-state index contributed by atoms with van der Waals surface area (Å²) in [6, 6.07) is 60.4. The van der Waals surface area contributed by atoms with Crippen LogP contribution in [0.25, 0.3) is 98.9 Å². The van der Waals surface area contributed by atoms with Crippen LogP contribution in [0.15, 0.2) is 164 Å². The fraction of sp³-hybridized carbons (Fsp3) is 0.0600. The molecule has 0 saturated heterocycles. The number of aromatic nitrogens is 3. The molecule has 0 atom stereocenters. The van der Waals surface area contributed by atoms with Crippen molar-refractivity contribution < 1.29 is 0 Å². The van der Waals surface area contributed by atoms with Gasteiger partial charge in [-0.15, -0.1) is 0 Å². The van der Waals surface area contributed by atoms with E-state index in [4.69, 9.17) is 4.98 Å². The Kier molecular flexibility index (Phi) is 5.57. The monoisotopic (exact) mass is 675 g/mol. The molecule has 0 fully saturated rings. The molecular weight excluding hydrogens is 643 g/mol. The highest BCUT2D eigenvalue weighted by Gasteiger charge is 2.36. The molecule has 0 saturated carbocycles. The van der Waals surface area contributed by atoms with E-state index in [1.54, 1.807) is 0 Å². The second-order valence-corrected chi connectivity index (χ2v) is 15.2. The van der Waals surface area contributed by atoms with Gasteiger partial charge in [0.05, 0.1) is 27.6 Å². The van der Waals surface area contributed by atoms with Crippen LogP contribution in [0.4, 0.5) is 0 Å². The highest BCUT2D eigenvalue weighted by atomic mass is 15.0. The Morgan fingerprint density at radius 1 is 0.453 bits per heavy atom. The van der Waals surface area contributed by atoms with Crippen LogP contribution in [0.1, 0.15) is 25.0 Å². The molecule has 11 aromatic rings. The van der Waals surface area contributed by atoms with Crippen LogP contribution in [0.3, 0.4) is 0 Å². The zero-order valence-electron chi connectivity index (χ0n) is 29.4. The Morgan fingerprint density at radius 2 is 1.19 bits per heavy atom. The average molecular weight is 676 g/mol. The van der Waals surface area contributed by atoms with E-state index < -0.39 is 0 Å². The SMILES string of the molecule is CC1(C)c2ccccc2-c2cc3c4ccccc4n(-c4cccc(-c5ccc6c7ccc8ccccc8c7c7nc8ccccc8n7c6c5)c4)c3cc21. The summed E-state index contributed by atoms with van der Waals surface area (Å²) in [6.07, 6.45) is 0. The molecule has 0 bridgehead atoms. The number of nitrogens with zero attached hydrogens (tertiary/aromatic N) is 3. The van der Waals surface area contributed by atoms with E-state index in [1.165, 1.54) is 82.1 Å². The van der Waals surface area contributed by atoms with Gasteiger partial charge in [-0.25, -0.2) is 4.98 Å². The molecule has 0 aliphatic heterocycles. The number of imidazole rings is 1. The van der Waals surface area contributed by atoms with Crippen molar-refractivity contribution in [1.29, 1.82) is 0 Å². The Balaban J connectivity index is 1.10. The lowest BCUT2D eigenvalue weighted by Crippen LogP contribution is -2.14. The maximum atomic E-state index is 5.26. The molecule has 3 aromatic heterocycles. The van der Waals surface area contributed by atoms with Gasteiger partial charge in [0.1, 0.15) is 5.65 Å². The molecule has 3 heterocycles. The predicted molar refractivity (Wildman–Crippen MR) is 223 cm³/mol. The fourth-order valence-corrected chi connectivity index (χ4v) is 9.56. The number of fused-ring (bicyclic) bond motifs is 16. The average Bonchev–Trinajstić information content (AvgIpc) is 3.83. The largest absolute Gasteiger partial charge is 0.309 e. The molecule has 1 aliphatic carbocycles. The van der Waals surface area contributed by atoms with E-state index >= 15 is 0 Å². The number of benzene rings is 8. The van der Waals surface area contributed by atoms with Crippen molar-refractivity contribution in [2.75, 3.05) is 0 Å². The normalized spacial score (nSPS) is 13.6. The third-order valence-corrected chi connectivity index (χ3v) is 12.1. The lowest BCUT2D eigenvalue weighted by Gasteiger charge is -2.21. The molecule has 8 aromatic carbocycles. The summed E-state index contributed by atoms with van der Waals surface area (Å²) >= 11 is 0. The predicted octanol–water partition coefficient (Wildman–Crippen LogP) is 13.0. The van der Waals surface area contributed by atoms with Gasteiger partial charge < -0.3 is 4.57 Å². The van der Waals surface area contributed by atoms with Gasteiger partial charge in [0, 0.05) is 32.6 Å². The number of para-hydroxylation sites is 3. The minimum absolute atomic E-state index is 0.0758. The van der Waals surface area contributed by atoms with Gasteiger partial charge in [0.25, 0.3) is 0 Å². The molecule has 0 radical (unpaired) electrons. The number of hydrogen-bond acceptors (Lipinski definition) is 1. The second kappa shape index (κ2) is 10.2. The third kappa shape index (κ3) is 3.81. The number of hydrogen-bond donors (Lipinski definition) is 0. The van der Waals surface area contributed by atoms with Crippen molar-refractivity contribution >= 4 is 70.9 Å². The Bertz CT molecular complexity index is 3370. The first-order valence-electron chi connectivity index (χ1n) is 18.5. The zero-order chi connectivity index (χ0) is 35.0. The first-order valence-corrected chi connectivity index (χ1v) is 18.5. The lowest BCUT2D eigenvalue weighted by atomic mass is 9.82. The summed E-state index contributed by atoms with van der Waals surface area (Å²) in [4.78, 5) is 5.26. The number of pyridine rings is 1. The molecule has 3 heteroatoms. The summed E-state index contributed by atoms with van der Waals surface area (Å²) in [5.41, 5.74) is 15.7. The highest BCUT2D eigenvalue weighted by molar-refractivity contribution is 6.23. The van der Waals surface area contributed by atoms with E-state index in [0.29, 0.717) is 0 Å². The number of rotatable bonds is 2. The van der Waals surface area contributed by atoms with E-state index in [2.05, 4.69) is 187 Å². The Labute approximate surface area is 306 Å². The summed E-state index contributed by atoms with van der Waals surface area (Å²) in [6.45, 7) is 4.73. The molecular formula is C50H33N3.